The summed E-state index contributed by atoms with van der Waals surface area (Å²) in [6, 6.07) is 0. The molecule has 0 aromatic heterocycles. The summed E-state index contributed by atoms with van der Waals surface area (Å²) in [7, 11) is 0. The monoisotopic (exact) mass is 157 g/mol. The standard InChI is InChI=1S/C11H11N/c1-8-6-7-9-4-2-3-5-10(9)11(8)12/h2-7,10,12H,1H3. The average molecular weight is 157 g/mol. The number of fused-ring (bicyclic) bond motifs is 1. The van der Waals surface area contributed by atoms with Gasteiger partial charge in [0.2, 0.25) is 0 Å². The van der Waals surface area contributed by atoms with E-state index >= 15 is 0 Å². The van der Waals surface area contributed by atoms with E-state index in [2.05, 4.69) is 18.2 Å². The third-order valence-corrected chi connectivity index (χ3v) is 2.32. The highest BCUT2D eigenvalue weighted by molar-refractivity contribution is 6.03. The molecule has 0 aliphatic heterocycles. The van der Waals surface area contributed by atoms with Crippen LogP contribution in [0.15, 0.2) is 47.6 Å². The molecular weight excluding hydrogens is 146 g/mol. The van der Waals surface area contributed by atoms with Crippen LogP contribution in [-0.2, 0) is 0 Å². The van der Waals surface area contributed by atoms with E-state index in [9.17, 15) is 0 Å². The molecule has 0 heterocycles. The summed E-state index contributed by atoms with van der Waals surface area (Å²) >= 11 is 0. The Morgan fingerprint density at radius 2 is 2.08 bits per heavy atom. The Labute approximate surface area is 72.3 Å². The molecule has 0 saturated heterocycles. The summed E-state index contributed by atoms with van der Waals surface area (Å²) in [6.07, 6.45) is 12.3. The first-order valence-corrected chi connectivity index (χ1v) is 4.11. The summed E-state index contributed by atoms with van der Waals surface area (Å²) < 4.78 is 0. The van der Waals surface area contributed by atoms with E-state index in [-0.39, 0.29) is 5.92 Å². The van der Waals surface area contributed by atoms with Crippen LogP contribution in [0.4, 0.5) is 0 Å². The van der Waals surface area contributed by atoms with Crippen molar-refractivity contribution in [3.63, 3.8) is 0 Å². The Balaban J connectivity index is 2.45. The fourth-order valence-corrected chi connectivity index (χ4v) is 1.54. The predicted molar refractivity (Wildman–Crippen MR) is 51.3 cm³/mol. The second kappa shape index (κ2) is 2.59. The maximum atomic E-state index is 7.83. The molecule has 60 valence electrons. The van der Waals surface area contributed by atoms with E-state index in [1.54, 1.807) is 0 Å². The zero-order chi connectivity index (χ0) is 8.55. The number of hydrogen-bond donors (Lipinski definition) is 1. The lowest BCUT2D eigenvalue weighted by atomic mass is 9.83. The number of nitrogens with one attached hydrogen (secondary N) is 1. The molecule has 0 aromatic carbocycles. The summed E-state index contributed by atoms with van der Waals surface area (Å²) in [6.45, 7) is 1.99. The summed E-state index contributed by atoms with van der Waals surface area (Å²) in [5.41, 5.74) is 3.03. The first kappa shape index (κ1) is 7.29. The molecule has 1 atom stereocenters. The maximum Gasteiger partial charge on any atom is 0.0455 e. The molecule has 0 spiro atoms. The molecule has 2 aliphatic carbocycles. The van der Waals surface area contributed by atoms with Gasteiger partial charge in [0.05, 0.1) is 0 Å². The van der Waals surface area contributed by atoms with Crippen molar-refractivity contribution in [1.82, 2.24) is 0 Å². The summed E-state index contributed by atoms with van der Waals surface area (Å²) in [5, 5.41) is 7.83. The fourth-order valence-electron chi connectivity index (χ4n) is 1.54. The van der Waals surface area contributed by atoms with Crippen molar-refractivity contribution in [2.24, 2.45) is 5.92 Å². The van der Waals surface area contributed by atoms with Gasteiger partial charge in [-0.25, -0.2) is 0 Å². The summed E-state index contributed by atoms with van der Waals surface area (Å²) in [5.74, 6) is 0.208. The molecule has 1 nitrogen and oxygen atoms in total. The van der Waals surface area contributed by atoms with Crippen LogP contribution in [0.2, 0.25) is 0 Å². The second-order valence-corrected chi connectivity index (χ2v) is 3.15. The van der Waals surface area contributed by atoms with Crippen LogP contribution in [0.25, 0.3) is 0 Å². The zero-order valence-electron chi connectivity index (χ0n) is 7.04. The van der Waals surface area contributed by atoms with Gasteiger partial charge in [0.15, 0.2) is 0 Å². The van der Waals surface area contributed by atoms with Crippen molar-refractivity contribution in [2.45, 2.75) is 6.92 Å². The Kier molecular flexibility index (Phi) is 1.58. The van der Waals surface area contributed by atoms with Crippen LogP contribution < -0.4 is 0 Å². The van der Waals surface area contributed by atoms with Crippen LogP contribution in [0.3, 0.4) is 0 Å². The molecular formula is C11H11N. The highest BCUT2D eigenvalue weighted by Crippen LogP contribution is 2.26. The molecule has 0 fully saturated rings. The van der Waals surface area contributed by atoms with Crippen LogP contribution in [-0.4, -0.2) is 5.71 Å². The molecule has 1 heteroatoms. The maximum absolute atomic E-state index is 7.83. The lowest BCUT2D eigenvalue weighted by Crippen LogP contribution is -2.18. The minimum Gasteiger partial charge on any atom is -0.304 e. The zero-order valence-corrected chi connectivity index (χ0v) is 7.04. The number of rotatable bonds is 0. The summed E-state index contributed by atoms with van der Waals surface area (Å²) in [4.78, 5) is 0. The minimum absolute atomic E-state index is 0.208. The van der Waals surface area contributed by atoms with Gasteiger partial charge in [-0.1, -0.05) is 36.5 Å². The molecule has 0 bridgehead atoms. The molecule has 1 unspecified atom stereocenters. The molecule has 0 amide bonds. The van der Waals surface area contributed by atoms with E-state index in [1.165, 1.54) is 5.57 Å². The molecule has 0 radical (unpaired) electrons. The quantitative estimate of drug-likeness (QED) is 0.559. The van der Waals surface area contributed by atoms with Gasteiger partial charge in [-0.05, 0) is 18.1 Å². The average Bonchev–Trinajstić information content (AvgIpc) is 2.12. The van der Waals surface area contributed by atoms with Crippen LogP contribution >= 0.6 is 0 Å². The van der Waals surface area contributed by atoms with Gasteiger partial charge in [-0.3, -0.25) is 0 Å². The van der Waals surface area contributed by atoms with E-state index < -0.39 is 0 Å². The smallest absolute Gasteiger partial charge is 0.0455 e. The lowest BCUT2D eigenvalue weighted by molar-refractivity contribution is 1.02. The van der Waals surface area contributed by atoms with Crippen molar-refractivity contribution < 1.29 is 0 Å². The topological polar surface area (TPSA) is 23.9 Å². The van der Waals surface area contributed by atoms with Crippen LogP contribution in [0.5, 0.6) is 0 Å². The molecule has 2 rings (SSSR count). The van der Waals surface area contributed by atoms with Gasteiger partial charge < -0.3 is 5.41 Å². The van der Waals surface area contributed by atoms with Gasteiger partial charge in [0.1, 0.15) is 0 Å². The van der Waals surface area contributed by atoms with Crippen molar-refractivity contribution in [3.05, 3.63) is 47.6 Å². The number of hydrogen-bond acceptors (Lipinski definition) is 1. The Morgan fingerprint density at radius 1 is 1.25 bits per heavy atom. The van der Waals surface area contributed by atoms with E-state index in [1.807, 2.05) is 25.2 Å². The van der Waals surface area contributed by atoms with E-state index in [0.717, 1.165) is 11.3 Å². The lowest BCUT2D eigenvalue weighted by Gasteiger charge is -2.21. The van der Waals surface area contributed by atoms with Gasteiger partial charge in [-0.15, -0.1) is 0 Å². The fraction of sp³-hybridized carbons (Fsp3) is 0.182. The highest BCUT2D eigenvalue weighted by Gasteiger charge is 2.19. The Bertz CT molecular complexity index is 340. The van der Waals surface area contributed by atoms with Crippen molar-refractivity contribution in [3.8, 4) is 0 Å². The van der Waals surface area contributed by atoms with Crippen LogP contribution in [0, 0.1) is 11.3 Å². The number of allylic oxidation sites excluding steroid dienone is 8. The van der Waals surface area contributed by atoms with Gasteiger partial charge >= 0.3 is 0 Å². The molecule has 12 heavy (non-hydrogen) atoms. The SMILES string of the molecule is CC1=CC=C2C=CC=CC2C1=N. The predicted octanol–water partition coefficient (Wildman–Crippen LogP) is 2.63. The van der Waals surface area contributed by atoms with Gasteiger partial charge in [0.25, 0.3) is 0 Å². The van der Waals surface area contributed by atoms with Crippen molar-refractivity contribution in [1.29, 1.82) is 5.41 Å². The van der Waals surface area contributed by atoms with E-state index in [0.29, 0.717) is 0 Å². The van der Waals surface area contributed by atoms with Gasteiger partial charge in [0, 0.05) is 11.6 Å². The normalized spacial score (nSPS) is 26.4. The Hall–Kier alpha value is -1.37. The molecule has 2 aliphatic rings. The molecule has 1 N–H and O–H groups in total. The third-order valence-electron chi connectivity index (χ3n) is 2.32. The third kappa shape index (κ3) is 0.981. The second-order valence-electron chi connectivity index (χ2n) is 3.15. The minimum atomic E-state index is 0.208. The first-order valence-electron chi connectivity index (χ1n) is 4.11. The Morgan fingerprint density at radius 3 is 2.92 bits per heavy atom. The molecule has 0 aromatic rings. The van der Waals surface area contributed by atoms with Gasteiger partial charge in [-0.2, -0.15) is 0 Å². The molecule has 0 saturated carbocycles. The first-order chi connectivity index (χ1) is 5.79. The van der Waals surface area contributed by atoms with Crippen LogP contribution in [0.1, 0.15) is 6.92 Å². The highest BCUT2D eigenvalue weighted by atomic mass is 14.5. The largest absolute Gasteiger partial charge is 0.304 e. The van der Waals surface area contributed by atoms with Crippen molar-refractivity contribution >= 4 is 5.71 Å². The van der Waals surface area contributed by atoms with E-state index in [4.69, 9.17) is 5.41 Å². The van der Waals surface area contributed by atoms with Crippen molar-refractivity contribution in [2.75, 3.05) is 0 Å².